The van der Waals surface area contributed by atoms with Crippen molar-refractivity contribution in [3.05, 3.63) is 88.2 Å². The number of anilines is 1. The smallest absolute Gasteiger partial charge is 0.274 e. The Morgan fingerprint density at radius 1 is 1.00 bits per heavy atom. The number of aromatic nitrogens is 2. The highest BCUT2D eigenvalue weighted by atomic mass is 35.5. The van der Waals surface area contributed by atoms with Crippen molar-refractivity contribution < 1.29 is 9.53 Å². The van der Waals surface area contributed by atoms with Gasteiger partial charge < -0.3 is 10.1 Å². The van der Waals surface area contributed by atoms with Gasteiger partial charge in [0.1, 0.15) is 5.75 Å². The number of rotatable bonds is 5. The monoisotopic (exact) mass is 419 g/mol. The molecule has 7 heteroatoms. The third-order valence-electron chi connectivity index (χ3n) is 4.58. The molecule has 0 unspecified atom stereocenters. The van der Waals surface area contributed by atoms with Crippen LogP contribution >= 0.6 is 11.6 Å². The van der Waals surface area contributed by atoms with Gasteiger partial charge >= 0.3 is 0 Å². The Morgan fingerprint density at radius 3 is 2.37 bits per heavy atom. The summed E-state index contributed by atoms with van der Waals surface area (Å²) in [6, 6.07) is 21.5. The number of hydrogen-bond acceptors (Lipinski definition) is 4. The second kappa shape index (κ2) is 8.39. The first-order valence-electron chi connectivity index (χ1n) is 9.26. The first-order chi connectivity index (χ1) is 14.5. The number of ether oxygens (including phenoxy) is 1. The van der Waals surface area contributed by atoms with Gasteiger partial charge in [-0.15, -0.1) is 0 Å². The molecule has 1 heterocycles. The Labute approximate surface area is 177 Å². The van der Waals surface area contributed by atoms with Gasteiger partial charge in [-0.1, -0.05) is 29.8 Å². The molecule has 0 spiro atoms. The van der Waals surface area contributed by atoms with Gasteiger partial charge in [0, 0.05) is 28.7 Å². The molecule has 0 aliphatic rings. The lowest BCUT2D eigenvalue weighted by atomic mass is 10.1. The van der Waals surface area contributed by atoms with Crippen molar-refractivity contribution in [1.29, 1.82) is 0 Å². The number of halogens is 1. The first-order valence-corrected chi connectivity index (χ1v) is 9.64. The normalized spacial score (nSPS) is 10.7. The van der Waals surface area contributed by atoms with E-state index in [9.17, 15) is 9.59 Å². The summed E-state index contributed by atoms with van der Waals surface area (Å²) in [5.74, 6) is 0.284. The molecule has 3 aromatic carbocycles. The van der Waals surface area contributed by atoms with Crippen molar-refractivity contribution in [2.75, 3.05) is 11.9 Å². The second-order valence-corrected chi connectivity index (χ2v) is 7.13. The summed E-state index contributed by atoms with van der Waals surface area (Å²) in [5, 5.41) is 9.17. The minimum Gasteiger partial charge on any atom is -0.484 e. The highest BCUT2D eigenvalue weighted by Gasteiger charge is 2.11. The van der Waals surface area contributed by atoms with Gasteiger partial charge in [-0.25, -0.2) is 4.68 Å². The number of hydrogen-bond donors (Lipinski definition) is 1. The number of nitrogens with zero attached hydrogens (tertiary/aromatic N) is 2. The van der Waals surface area contributed by atoms with Crippen LogP contribution in [0.4, 0.5) is 5.69 Å². The molecule has 1 N–H and O–H groups in total. The van der Waals surface area contributed by atoms with E-state index in [0.717, 1.165) is 10.9 Å². The number of nitrogens with one attached hydrogen (secondary N) is 1. The van der Waals surface area contributed by atoms with Crippen LogP contribution in [0.3, 0.4) is 0 Å². The molecule has 1 amide bonds. The molecule has 0 atom stereocenters. The Kier molecular flexibility index (Phi) is 5.50. The number of aryl methyl sites for hydroxylation is 1. The van der Waals surface area contributed by atoms with Crippen molar-refractivity contribution in [1.82, 2.24) is 9.78 Å². The van der Waals surface area contributed by atoms with Crippen molar-refractivity contribution in [2.24, 2.45) is 7.05 Å². The van der Waals surface area contributed by atoms with Crippen LogP contribution in [0.15, 0.2) is 77.6 Å². The minimum atomic E-state index is -0.271. The summed E-state index contributed by atoms with van der Waals surface area (Å²) in [4.78, 5) is 24.4. The lowest BCUT2D eigenvalue weighted by molar-refractivity contribution is -0.118. The molecule has 0 fully saturated rings. The lowest BCUT2D eigenvalue weighted by Gasteiger charge is -2.10. The maximum atomic E-state index is 12.3. The summed E-state index contributed by atoms with van der Waals surface area (Å²) in [6.07, 6.45) is 0. The number of amides is 1. The van der Waals surface area contributed by atoms with Gasteiger partial charge in [0.2, 0.25) is 0 Å². The Morgan fingerprint density at radius 2 is 1.67 bits per heavy atom. The molecule has 0 aliphatic heterocycles. The standard InChI is InChI=1S/C23H18ClN3O3/c1-27-23(29)20-5-3-2-4-19(20)22(26-27)15-6-12-18(13-7-15)30-14-21(28)25-17-10-8-16(24)9-11-17/h2-13H,14H2,1H3,(H,25,28). The maximum absolute atomic E-state index is 12.3. The zero-order chi connectivity index (χ0) is 21.1. The zero-order valence-electron chi connectivity index (χ0n) is 16.1. The van der Waals surface area contributed by atoms with Gasteiger partial charge in [-0.05, 0) is 54.6 Å². The van der Waals surface area contributed by atoms with E-state index >= 15 is 0 Å². The second-order valence-electron chi connectivity index (χ2n) is 6.69. The Balaban J connectivity index is 1.48. The van der Waals surface area contributed by atoms with Gasteiger partial charge in [0.05, 0.1) is 11.1 Å². The molecule has 150 valence electrons. The summed E-state index contributed by atoms with van der Waals surface area (Å²) in [5.41, 5.74) is 2.07. The van der Waals surface area contributed by atoms with Crippen LogP contribution in [0.25, 0.3) is 22.0 Å². The van der Waals surface area contributed by atoms with Gasteiger partial charge in [-0.2, -0.15) is 5.10 Å². The molecule has 0 saturated heterocycles. The number of benzene rings is 3. The average Bonchev–Trinajstić information content (AvgIpc) is 2.77. The summed E-state index contributed by atoms with van der Waals surface area (Å²) in [6.45, 7) is -0.122. The fourth-order valence-corrected chi connectivity index (χ4v) is 3.23. The number of fused-ring (bicyclic) bond motifs is 1. The topological polar surface area (TPSA) is 73.2 Å². The molecule has 4 aromatic rings. The fraction of sp³-hybridized carbons (Fsp3) is 0.0870. The summed E-state index contributed by atoms with van der Waals surface area (Å²) >= 11 is 5.84. The minimum absolute atomic E-state index is 0.122. The summed E-state index contributed by atoms with van der Waals surface area (Å²) in [7, 11) is 1.63. The molecule has 0 aliphatic carbocycles. The molecule has 0 radical (unpaired) electrons. The molecular weight excluding hydrogens is 402 g/mol. The largest absolute Gasteiger partial charge is 0.484 e. The Bertz CT molecular complexity index is 1270. The van der Waals surface area contributed by atoms with Crippen LogP contribution in [0.1, 0.15) is 0 Å². The van der Waals surface area contributed by atoms with Crippen LogP contribution in [-0.2, 0) is 11.8 Å². The van der Waals surface area contributed by atoms with E-state index < -0.39 is 0 Å². The molecule has 30 heavy (non-hydrogen) atoms. The lowest BCUT2D eigenvalue weighted by Crippen LogP contribution is -2.20. The number of carbonyl (C=O) groups is 1. The predicted molar refractivity (Wildman–Crippen MR) is 118 cm³/mol. The Hall–Kier alpha value is -3.64. The molecule has 0 bridgehead atoms. The van der Waals surface area contributed by atoms with Crippen LogP contribution < -0.4 is 15.6 Å². The van der Waals surface area contributed by atoms with E-state index in [2.05, 4.69) is 10.4 Å². The molecule has 6 nitrogen and oxygen atoms in total. The quantitative estimate of drug-likeness (QED) is 0.524. The van der Waals surface area contributed by atoms with Crippen LogP contribution in [0.2, 0.25) is 5.02 Å². The third-order valence-corrected chi connectivity index (χ3v) is 4.83. The molecular formula is C23H18ClN3O3. The number of carbonyl (C=O) groups excluding carboxylic acids is 1. The van der Waals surface area contributed by atoms with Gasteiger partial charge in [0.25, 0.3) is 11.5 Å². The zero-order valence-corrected chi connectivity index (χ0v) is 16.9. The average molecular weight is 420 g/mol. The van der Waals surface area contributed by atoms with E-state index in [1.54, 1.807) is 49.5 Å². The predicted octanol–water partition coefficient (Wildman–Crippen LogP) is 4.27. The third kappa shape index (κ3) is 4.18. The van der Waals surface area contributed by atoms with E-state index in [1.165, 1.54) is 4.68 Å². The molecule has 0 saturated carbocycles. The molecule has 1 aromatic heterocycles. The van der Waals surface area contributed by atoms with Crippen LogP contribution in [0, 0.1) is 0 Å². The SMILES string of the molecule is Cn1nc(-c2ccc(OCC(=O)Nc3ccc(Cl)cc3)cc2)c2ccccc2c1=O. The van der Waals surface area contributed by atoms with Crippen LogP contribution in [0.5, 0.6) is 5.75 Å². The van der Waals surface area contributed by atoms with Crippen molar-refractivity contribution in [3.8, 4) is 17.0 Å². The van der Waals surface area contributed by atoms with E-state index in [4.69, 9.17) is 16.3 Å². The van der Waals surface area contributed by atoms with E-state index in [1.807, 2.05) is 30.3 Å². The molecule has 4 rings (SSSR count). The van der Waals surface area contributed by atoms with Crippen molar-refractivity contribution in [2.45, 2.75) is 0 Å². The van der Waals surface area contributed by atoms with Crippen LogP contribution in [-0.4, -0.2) is 22.3 Å². The van der Waals surface area contributed by atoms with Gasteiger partial charge in [-0.3, -0.25) is 9.59 Å². The highest BCUT2D eigenvalue weighted by molar-refractivity contribution is 6.30. The van der Waals surface area contributed by atoms with E-state index in [-0.39, 0.29) is 18.1 Å². The maximum Gasteiger partial charge on any atom is 0.274 e. The first kappa shape index (κ1) is 19.7. The van der Waals surface area contributed by atoms with Gasteiger partial charge in [0.15, 0.2) is 6.61 Å². The fourth-order valence-electron chi connectivity index (χ4n) is 3.10. The van der Waals surface area contributed by atoms with Crippen molar-refractivity contribution in [3.63, 3.8) is 0 Å². The van der Waals surface area contributed by atoms with E-state index in [0.29, 0.717) is 27.5 Å². The summed E-state index contributed by atoms with van der Waals surface area (Å²) < 4.78 is 6.91. The van der Waals surface area contributed by atoms with Crippen molar-refractivity contribution >= 4 is 34.0 Å². The highest BCUT2D eigenvalue weighted by Crippen LogP contribution is 2.26.